The van der Waals surface area contributed by atoms with E-state index >= 15 is 0 Å². The van der Waals surface area contributed by atoms with Crippen LogP contribution in [0.2, 0.25) is 0 Å². The van der Waals surface area contributed by atoms with Gasteiger partial charge in [0.15, 0.2) is 11.5 Å². The number of aromatic amines is 1. The van der Waals surface area contributed by atoms with E-state index in [0.717, 1.165) is 0 Å². The van der Waals surface area contributed by atoms with Crippen LogP contribution in [0, 0.1) is 5.82 Å². The molecule has 0 amide bonds. The molecule has 3 N–H and O–H groups in total. The number of imidazole rings is 1. The van der Waals surface area contributed by atoms with Crippen LogP contribution in [0.4, 0.5) is 16.2 Å². The number of nitrogens with one attached hydrogen (secondary N) is 3. The monoisotopic (exact) mass is 286 g/mol. The van der Waals surface area contributed by atoms with Crippen LogP contribution < -0.4 is 10.6 Å². The Morgan fingerprint density at radius 3 is 2.86 bits per heavy atom. The molecule has 0 aliphatic carbocycles. The van der Waals surface area contributed by atoms with Crippen molar-refractivity contribution in [3.8, 4) is 0 Å². The van der Waals surface area contributed by atoms with E-state index in [9.17, 15) is 4.39 Å². The van der Waals surface area contributed by atoms with Crippen LogP contribution >= 0.6 is 0 Å². The van der Waals surface area contributed by atoms with Gasteiger partial charge in [-0.05, 0) is 13.0 Å². The topological polar surface area (TPSA) is 78.5 Å². The Bertz CT molecular complexity index is 754. The molecule has 0 bridgehead atoms. The number of halogens is 1. The van der Waals surface area contributed by atoms with Crippen molar-refractivity contribution < 1.29 is 4.39 Å². The van der Waals surface area contributed by atoms with Gasteiger partial charge >= 0.3 is 0 Å². The van der Waals surface area contributed by atoms with Crippen molar-refractivity contribution in [1.82, 2.24) is 19.9 Å². The van der Waals surface area contributed by atoms with Crippen molar-refractivity contribution in [2.75, 3.05) is 17.2 Å². The minimum absolute atomic E-state index is 0.244. The molecule has 3 rings (SSSR count). The summed E-state index contributed by atoms with van der Waals surface area (Å²) in [6.07, 6.45) is 1.56. The molecule has 0 saturated carbocycles. The summed E-state index contributed by atoms with van der Waals surface area (Å²) in [5, 5.41) is 6.18. The van der Waals surface area contributed by atoms with Gasteiger partial charge in [-0.1, -0.05) is 18.2 Å². The number of nitrogens with zero attached hydrogens (tertiary/aromatic N) is 3. The van der Waals surface area contributed by atoms with Crippen molar-refractivity contribution in [3.05, 3.63) is 42.0 Å². The fourth-order valence-electron chi connectivity index (χ4n) is 2.02. The molecule has 0 aliphatic heterocycles. The van der Waals surface area contributed by atoms with Crippen molar-refractivity contribution >= 4 is 22.9 Å². The van der Waals surface area contributed by atoms with Crippen LogP contribution in [0.5, 0.6) is 0 Å². The Morgan fingerprint density at radius 2 is 2.05 bits per heavy atom. The van der Waals surface area contributed by atoms with Crippen LogP contribution in [0.15, 0.2) is 30.6 Å². The van der Waals surface area contributed by atoms with Gasteiger partial charge < -0.3 is 15.6 Å². The Labute approximate surface area is 120 Å². The summed E-state index contributed by atoms with van der Waals surface area (Å²) in [6.45, 7) is 3.01. The Hall–Kier alpha value is -2.70. The van der Waals surface area contributed by atoms with Gasteiger partial charge in [-0.3, -0.25) is 0 Å². The summed E-state index contributed by atoms with van der Waals surface area (Å²) in [6, 6.07) is 6.64. The molecule has 2 aromatic heterocycles. The number of benzene rings is 1. The fraction of sp³-hybridized carbons (Fsp3) is 0.214. The highest BCUT2D eigenvalue weighted by atomic mass is 19.1. The first-order chi connectivity index (χ1) is 10.3. The van der Waals surface area contributed by atoms with Crippen LogP contribution in [-0.4, -0.2) is 26.5 Å². The zero-order valence-corrected chi connectivity index (χ0v) is 11.5. The lowest BCUT2D eigenvalue weighted by Crippen LogP contribution is -2.08. The highest BCUT2D eigenvalue weighted by Gasteiger charge is 2.10. The average molecular weight is 286 g/mol. The van der Waals surface area contributed by atoms with Gasteiger partial charge in [0.1, 0.15) is 11.3 Å². The first-order valence-corrected chi connectivity index (χ1v) is 6.70. The highest BCUT2D eigenvalue weighted by molar-refractivity contribution is 5.83. The van der Waals surface area contributed by atoms with Crippen molar-refractivity contribution in [3.63, 3.8) is 0 Å². The molecule has 0 saturated heterocycles. The molecule has 1 aromatic carbocycles. The summed E-state index contributed by atoms with van der Waals surface area (Å²) in [5.41, 5.74) is 1.85. The minimum Gasteiger partial charge on any atom is -0.364 e. The molecule has 2 heterocycles. The van der Waals surface area contributed by atoms with E-state index in [1.165, 1.54) is 6.07 Å². The van der Waals surface area contributed by atoms with E-state index in [4.69, 9.17) is 0 Å². The average Bonchev–Trinajstić information content (AvgIpc) is 2.95. The third kappa shape index (κ3) is 2.76. The summed E-state index contributed by atoms with van der Waals surface area (Å²) < 4.78 is 13.6. The lowest BCUT2D eigenvalue weighted by molar-refractivity contribution is 0.613. The summed E-state index contributed by atoms with van der Waals surface area (Å²) in [4.78, 5) is 15.8. The molecule has 7 heteroatoms. The lowest BCUT2D eigenvalue weighted by Gasteiger charge is -2.09. The number of rotatable bonds is 5. The van der Waals surface area contributed by atoms with E-state index in [2.05, 4.69) is 30.6 Å². The molecule has 0 atom stereocenters. The normalized spacial score (nSPS) is 10.8. The standard InChI is InChI=1S/C14H15FN6/c1-2-16-14-20-12(11-13(21-14)19-8-18-11)17-7-9-5-3-4-6-10(9)15/h3-6,8H,2,7H2,1H3,(H3,16,17,18,19,20,21). The van der Waals surface area contributed by atoms with E-state index < -0.39 is 0 Å². The molecular weight excluding hydrogens is 271 g/mol. The number of H-pyrrole nitrogens is 1. The van der Waals surface area contributed by atoms with Gasteiger partial charge in [0, 0.05) is 18.7 Å². The second kappa shape index (κ2) is 5.74. The number of hydrogen-bond acceptors (Lipinski definition) is 5. The third-order valence-corrected chi connectivity index (χ3v) is 3.02. The molecule has 0 spiro atoms. The van der Waals surface area contributed by atoms with Gasteiger partial charge in [-0.2, -0.15) is 9.97 Å². The number of hydrogen-bond donors (Lipinski definition) is 3. The van der Waals surface area contributed by atoms with Crippen LogP contribution in [0.25, 0.3) is 11.2 Å². The Balaban J connectivity index is 1.89. The molecular formula is C14H15FN6. The van der Waals surface area contributed by atoms with Crippen LogP contribution in [0.1, 0.15) is 12.5 Å². The number of aromatic nitrogens is 4. The Kier molecular flexibility index (Phi) is 3.63. The summed E-state index contributed by atoms with van der Waals surface area (Å²) in [7, 11) is 0. The zero-order chi connectivity index (χ0) is 14.7. The maximum Gasteiger partial charge on any atom is 0.226 e. The molecule has 108 valence electrons. The number of anilines is 2. The Morgan fingerprint density at radius 1 is 1.19 bits per heavy atom. The van der Waals surface area contributed by atoms with E-state index in [0.29, 0.717) is 41.6 Å². The molecule has 0 unspecified atom stereocenters. The third-order valence-electron chi connectivity index (χ3n) is 3.02. The maximum atomic E-state index is 13.6. The SMILES string of the molecule is CCNc1nc(NCc2ccccc2F)c2[nH]cnc2n1. The number of fused-ring (bicyclic) bond motifs is 1. The molecule has 0 radical (unpaired) electrons. The van der Waals surface area contributed by atoms with Gasteiger partial charge in [-0.25, -0.2) is 9.37 Å². The van der Waals surface area contributed by atoms with Gasteiger partial charge in [0.2, 0.25) is 5.95 Å². The van der Waals surface area contributed by atoms with Crippen LogP contribution in [-0.2, 0) is 6.54 Å². The van der Waals surface area contributed by atoms with Gasteiger partial charge in [0.25, 0.3) is 0 Å². The van der Waals surface area contributed by atoms with E-state index in [1.54, 1.807) is 24.5 Å². The summed E-state index contributed by atoms with van der Waals surface area (Å²) >= 11 is 0. The van der Waals surface area contributed by atoms with Crippen molar-refractivity contribution in [2.45, 2.75) is 13.5 Å². The zero-order valence-electron chi connectivity index (χ0n) is 11.5. The first-order valence-electron chi connectivity index (χ1n) is 6.70. The van der Waals surface area contributed by atoms with Crippen molar-refractivity contribution in [1.29, 1.82) is 0 Å². The first kappa shape index (κ1) is 13.3. The maximum absolute atomic E-state index is 13.6. The molecule has 3 aromatic rings. The fourth-order valence-corrected chi connectivity index (χ4v) is 2.02. The van der Waals surface area contributed by atoms with E-state index in [-0.39, 0.29) is 5.82 Å². The van der Waals surface area contributed by atoms with Crippen LogP contribution in [0.3, 0.4) is 0 Å². The quantitative estimate of drug-likeness (QED) is 0.671. The molecule has 21 heavy (non-hydrogen) atoms. The van der Waals surface area contributed by atoms with Crippen molar-refractivity contribution in [2.24, 2.45) is 0 Å². The van der Waals surface area contributed by atoms with Gasteiger partial charge in [-0.15, -0.1) is 0 Å². The lowest BCUT2D eigenvalue weighted by atomic mass is 10.2. The predicted molar refractivity (Wildman–Crippen MR) is 79.6 cm³/mol. The molecule has 6 nitrogen and oxygen atoms in total. The minimum atomic E-state index is -0.244. The summed E-state index contributed by atoms with van der Waals surface area (Å²) in [5.74, 6) is 0.844. The van der Waals surface area contributed by atoms with Gasteiger partial charge in [0.05, 0.1) is 6.33 Å². The largest absolute Gasteiger partial charge is 0.364 e. The molecule has 0 aliphatic rings. The molecule has 0 fully saturated rings. The second-order valence-electron chi connectivity index (χ2n) is 4.47. The predicted octanol–water partition coefficient (Wildman–Crippen LogP) is 2.54. The highest BCUT2D eigenvalue weighted by Crippen LogP contribution is 2.19. The second-order valence-corrected chi connectivity index (χ2v) is 4.47. The smallest absolute Gasteiger partial charge is 0.226 e. The van der Waals surface area contributed by atoms with E-state index in [1.807, 2.05) is 6.92 Å².